The Bertz CT molecular complexity index is 318. The largest absolute Gasteiger partial charge is 0.481 e. The quantitative estimate of drug-likeness (QED) is 0.774. The second-order valence-electron chi connectivity index (χ2n) is 3.40. The minimum atomic E-state index is -0.773. The molecule has 1 N–H and O–H groups in total. The van der Waals surface area contributed by atoms with Gasteiger partial charge in [0.2, 0.25) is 0 Å². The number of carboxylic acid groups (broad SMARTS) is 1. The lowest BCUT2D eigenvalue weighted by molar-refractivity contribution is -0.137. The van der Waals surface area contributed by atoms with Gasteiger partial charge in [0.05, 0.1) is 12.1 Å². The smallest absolute Gasteiger partial charge is 0.303 e. The van der Waals surface area contributed by atoms with Crippen molar-refractivity contribution in [1.29, 1.82) is 0 Å². The Morgan fingerprint density at radius 2 is 2.29 bits per heavy atom. The number of nitrogens with zero attached hydrogens (tertiary/aromatic N) is 2. The third-order valence-corrected chi connectivity index (χ3v) is 2.09. The topological polar surface area (TPSA) is 55.1 Å². The van der Waals surface area contributed by atoms with Gasteiger partial charge < -0.3 is 9.67 Å². The first kappa shape index (κ1) is 10.8. The van der Waals surface area contributed by atoms with Crippen molar-refractivity contribution >= 4 is 5.97 Å². The van der Waals surface area contributed by atoms with Gasteiger partial charge in [0.15, 0.2) is 0 Å². The molecule has 0 amide bonds. The highest BCUT2D eigenvalue weighted by Crippen LogP contribution is 2.06. The van der Waals surface area contributed by atoms with E-state index in [1.807, 2.05) is 17.8 Å². The van der Waals surface area contributed by atoms with E-state index in [2.05, 4.69) is 11.9 Å². The SMILES string of the molecule is CCCc1cn(C)c(CCC(=O)O)n1. The van der Waals surface area contributed by atoms with Crippen LogP contribution < -0.4 is 0 Å². The Hall–Kier alpha value is -1.32. The number of aromatic nitrogens is 2. The van der Waals surface area contributed by atoms with Crippen LogP contribution in [-0.4, -0.2) is 20.6 Å². The molecule has 0 fully saturated rings. The zero-order valence-corrected chi connectivity index (χ0v) is 8.66. The molecule has 0 bridgehead atoms. The van der Waals surface area contributed by atoms with Crippen LogP contribution in [0.25, 0.3) is 0 Å². The maximum absolute atomic E-state index is 10.4. The molecule has 1 rings (SSSR count). The second-order valence-corrected chi connectivity index (χ2v) is 3.40. The van der Waals surface area contributed by atoms with Gasteiger partial charge in [-0.1, -0.05) is 13.3 Å². The number of imidazole rings is 1. The van der Waals surface area contributed by atoms with Crippen LogP contribution in [0.15, 0.2) is 6.20 Å². The molecule has 0 saturated carbocycles. The van der Waals surface area contributed by atoms with Gasteiger partial charge >= 0.3 is 5.97 Å². The molecule has 14 heavy (non-hydrogen) atoms. The maximum atomic E-state index is 10.4. The van der Waals surface area contributed by atoms with Crippen molar-refractivity contribution in [3.8, 4) is 0 Å². The molecule has 0 radical (unpaired) electrons. The number of carboxylic acids is 1. The Labute approximate surface area is 83.6 Å². The van der Waals surface area contributed by atoms with Crippen LogP contribution >= 0.6 is 0 Å². The molecule has 0 aliphatic heterocycles. The first-order chi connectivity index (χ1) is 6.63. The van der Waals surface area contributed by atoms with Gasteiger partial charge in [-0.2, -0.15) is 0 Å². The fraction of sp³-hybridized carbons (Fsp3) is 0.600. The van der Waals surface area contributed by atoms with E-state index in [1.165, 1.54) is 0 Å². The average Bonchev–Trinajstić information content (AvgIpc) is 2.44. The summed E-state index contributed by atoms with van der Waals surface area (Å²) in [4.78, 5) is 14.8. The fourth-order valence-electron chi connectivity index (χ4n) is 1.40. The summed E-state index contributed by atoms with van der Waals surface area (Å²) in [6, 6.07) is 0. The summed E-state index contributed by atoms with van der Waals surface area (Å²) in [6.07, 6.45) is 4.66. The van der Waals surface area contributed by atoms with E-state index in [9.17, 15) is 4.79 Å². The molecule has 0 aliphatic rings. The molecule has 1 heterocycles. The van der Waals surface area contributed by atoms with Crippen molar-refractivity contribution in [2.24, 2.45) is 7.05 Å². The summed E-state index contributed by atoms with van der Waals surface area (Å²) in [7, 11) is 1.91. The van der Waals surface area contributed by atoms with Gasteiger partial charge in [0.1, 0.15) is 5.82 Å². The van der Waals surface area contributed by atoms with Crippen LogP contribution in [0.4, 0.5) is 0 Å². The normalized spacial score (nSPS) is 10.4. The third-order valence-electron chi connectivity index (χ3n) is 2.09. The third kappa shape index (κ3) is 2.87. The summed E-state index contributed by atoms with van der Waals surface area (Å²) in [5.41, 5.74) is 1.05. The van der Waals surface area contributed by atoms with Crippen LogP contribution in [0.3, 0.4) is 0 Å². The van der Waals surface area contributed by atoms with E-state index in [0.717, 1.165) is 24.4 Å². The van der Waals surface area contributed by atoms with Crippen LogP contribution in [0.1, 0.15) is 31.3 Å². The van der Waals surface area contributed by atoms with Gasteiger partial charge in [-0.3, -0.25) is 4.79 Å². The monoisotopic (exact) mass is 196 g/mol. The number of aryl methyl sites for hydroxylation is 3. The minimum Gasteiger partial charge on any atom is -0.481 e. The van der Waals surface area contributed by atoms with Gasteiger partial charge in [-0.15, -0.1) is 0 Å². The molecular formula is C10H16N2O2. The summed E-state index contributed by atoms with van der Waals surface area (Å²) in [6.45, 7) is 2.10. The predicted molar refractivity (Wildman–Crippen MR) is 53.2 cm³/mol. The lowest BCUT2D eigenvalue weighted by Gasteiger charge is -1.97. The highest BCUT2D eigenvalue weighted by Gasteiger charge is 2.06. The van der Waals surface area contributed by atoms with E-state index in [-0.39, 0.29) is 6.42 Å². The molecule has 0 spiro atoms. The first-order valence-corrected chi connectivity index (χ1v) is 4.86. The number of rotatable bonds is 5. The molecule has 0 atom stereocenters. The Morgan fingerprint density at radius 1 is 1.57 bits per heavy atom. The standard InChI is InChI=1S/C10H16N2O2/c1-3-4-8-7-12(2)9(11-8)5-6-10(13)14/h7H,3-6H2,1-2H3,(H,13,14). The average molecular weight is 196 g/mol. The number of carbonyl (C=O) groups is 1. The number of hydrogen-bond donors (Lipinski definition) is 1. The van der Waals surface area contributed by atoms with Gasteiger partial charge in [0, 0.05) is 19.7 Å². The molecule has 0 aromatic carbocycles. The molecule has 1 aromatic heterocycles. The van der Waals surface area contributed by atoms with Crippen molar-refractivity contribution in [3.63, 3.8) is 0 Å². The van der Waals surface area contributed by atoms with E-state index in [0.29, 0.717) is 6.42 Å². The van der Waals surface area contributed by atoms with Gasteiger partial charge in [-0.05, 0) is 6.42 Å². The molecular weight excluding hydrogens is 180 g/mol. The Morgan fingerprint density at radius 3 is 2.86 bits per heavy atom. The molecule has 0 saturated heterocycles. The van der Waals surface area contributed by atoms with E-state index < -0.39 is 5.97 Å². The van der Waals surface area contributed by atoms with E-state index in [1.54, 1.807) is 0 Å². The Kier molecular flexibility index (Phi) is 3.68. The number of aliphatic carboxylic acids is 1. The number of hydrogen-bond acceptors (Lipinski definition) is 2. The molecule has 4 heteroatoms. The van der Waals surface area contributed by atoms with Crippen molar-refractivity contribution in [1.82, 2.24) is 9.55 Å². The predicted octanol–water partition coefficient (Wildman–Crippen LogP) is 1.39. The zero-order chi connectivity index (χ0) is 10.6. The van der Waals surface area contributed by atoms with Crippen LogP contribution in [-0.2, 0) is 24.7 Å². The second kappa shape index (κ2) is 4.79. The molecule has 0 aliphatic carbocycles. The van der Waals surface area contributed by atoms with Crippen LogP contribution in [0.5, 0.6) is 0 Å². The summed E-state index contributed by atoms with van der Waals surface area (Å²) >= 11 is 0. The Balaban J connectivity index is 2.62. The zero-order valence-electron chi connectivity index (χ0n) is 8.66. The van der Waals surface area contributed by atoms with Crippen molar-refractivity contribution in [2.45, 2.75) is 32.6 Å². The molecule has 78 valence electrons. The van der Waals surface area contributed by atoms with E-state index >= 15 is 0 Å². The lowest BCUT2D eigenvalue weighted by atomic mass is 10.3. The maximum Gasteiger partial charge on any atom is 0.303 e. The summed E-state index contributed by atoms with van der Waals surface area (Å²) in [5, 5.41) is 8.54. The highest BCUT2D eigenvalue weighted by atomic mass is 16.4. The highest BCUT2D eigenvalue weighted by molar-refractivity contribution is 5.66. The fourth-order valence-corrected chi connectivity index (χ4v) is 1.40. The van der Waals surface area contributed by atoms with Crippen molar-refractivity contribution < 1.29 is 9.90 Å². The lowest BCUT2D eigenvalue weighted by Crippen LogP contribution is -2.02. The molecule has 4 nitrogen and oxygen atoms in total. The minimum absolute atomic E-state index is 0.149. The molecule has 1 aromatic rings. The van der Waals surface area contributed by atoms with Crippen LogP contribution in [0, 0.1) is 0 Å². The van der Waals surface area contributed by atoms with Crippen molar-refractivity contribution in [2.75, 3.05) is 0 Å². The van der Waals surface area contributed by atoms with E-state index in [4.69, 9.17) is 5.11 Å². The summed E-state index contributed by atoms with van der Waals surface area (Å²) < 4.78 is 1.91. The first-order valence-electron chi connectivity index (χ1n) is 4.86. The summed E-state index contributed by atoms with van der Waals surface area (Å²) in [5.74, 6) is 0.0842. The molecule has 0 unspecified atom stereocenters. The van der Waals surface area contributed by atoms with Crippen LogP contribution in [0.2, 0.25) is 0 Å². The van der Waals surface area contributed by atoms with Gasteiger partial charge in [-0.25, -0.2) is 4.98 Å². The van der Waals surface area contributed by atoms with Crippen molar-refractivity contribution in [3.05, 3.63) is 17.7 Å². The van der Waals surface area contributed by atoms with Gasteiger partial charge in [0.25, 0.3) is 0 Å².